The third-order valence-electron chi connectivity index (χ3n) is 2.69. The molecule has 3 N–H and O–H groups in total. The van der Waals surface area contributed by atoms with E-state index in [1.807, 2.05) is 13.8 Å². The molecule has 0 aliphatic carbocycles. The minimum Gasteiger partial charge on any atom is -0.352 e. The summed E-state index contributed by atoms with van der Waals surface area (Å²) in [5.41, 5.74) is 5.98. The molecule has 4 heteroatoms. The SMILES string of the molecule is CC(CC(=O)N[C@@H](C)CN)c1ccccc1F. The molecule has 1 aromatic carbocycles. The van der Waals surface area contributed by atoms with E-state index in [9.17, 15) is 9.18 Å². The number of benzene rings is 1. The first-order valence-electron chi connectivity index (χ1n) is 5.78. The molecule has 1 aromatic rings. The van der Waals surface area contributed by atoms with Crippen LogP contribution in [0.4, 0.5) is 4.39 Å². The number of rotatable bonds is 5. The number of hydrogen-bond acceptors (Lipinski definition) is 2. The van der Waals surface area contributed by atoms with Gasteiger partial charge in [-0.05, 0) is 24.5 Å². The second kappa shape index (κ2) is 6.35. The molecule has 94 valence electrons. The lowest BCUT2D eigenvalue weighted by molar-refractivity contribution is -0.121. The quantitative estimate of drug-likeness (QED) is 0.821. The van der Waals surface area contributed by atoms with E-state index < -0.39 is 0 Å². The summed E-state index contributed by atoms with van der Waals surface area (Å²) >= 11 is 0. The summed E-state index contributed by atoms with van der Waals surface area (Å²) < 4.78 is 13.5. The Balaban J connectivity index is 2.58. The number of nitrogens with one attached hydrogen (secondary N) is 1. The molecule has 0 aliphatic heterocycles. The van der Waals surface area contributed by atoms with Gasteiger partial charge in [0.05, 0.1) is 0 Å². The monoisotopic (exact) mass is 238 g/mol. The molecule has 0 aromatic heterocycles. The van der Waals surface area contributed by atoms with Crippen LogP contribution in [0, 0.1) is 5.82 Å². The predicted molar refractivity (Wildman–Crippen MR) is 66.1 cm³/mol. The number of halogens is 1. The molecular weight excluding hydrogens is 219 g/mol. The number of carbonyl (C=O) groups is 1. The molecular formula is C13H19FN2O. The van der Waals surface area contributed by atoms with Crippen molar-refractivity contribution in [1.29, 1.82) is 0 Å². The van der Waals surface area contributed by atoms with E-state index in [1.54, 1.807) is 18.2 Å². The van der Waals surface area contributed by atoms with Crippen LogP contribution in [0.1, 0.15) is 31.7 Å². The molecule has 17 heavy (non-hydrogen) atoms. The van der Waals surface area contributed by atoms with Gasteiger partial charge in [-0.3, -0.25) is 4.79 Å². The minimum absolute atomic E-state index is 0.0460. The molecule has 1 amide bonds. The third-order valence-corrected chi connectivity index (χ3v) is 2.69. The van der Waals surface area contributed by atoms with Crippen molar-refractivity contribution < 1.29 is 9.18 Å². The first-order valence-corrected chi connectivity index (χ1v) is 5.78. The summed E-state index contributed by atoms with van der Waals surface area (Å²) in [5, 5.41) is 2.76. The second-order valence-electron chi connectivity index (χ2n) is 4.33. The molecule has 0 heterocycles. The van der Waals surface area contributed by atoms with Gasteiger partial charge in [0.1, 0.15) is 5.82 Å². The standard InChI is InChI=1S/C13H19FN2O/c1-9(7-13(17)16-10(2)8-15)11-5-3-4-6-12(11)14/h3-6,9-10H,7-8,15H2,1-2H3,(H,16,17)/t9?,10-/m0/s1. The van der Waals surface area contributed by atoms with Gasteiger partial charge in [-0.25, -0.2) is 4.39 Å². The Labute approximate surface area is 101 Å². The zero-order chi connectivity index (χ0) is 12.8. The molecule has 0 saturated carbocycles. The Morgan fingerprint density at radius 1 is 1.41 bits per heavy atom. The molecule has 0 aliphatic rings. The second-order valence-corrected chi connectivity index (χ2v) is 4.33. The fourth-order valence-electron chi connectivity index (χ4n) is 1.66. The Hall–Kier alpha value is -1.42. The molecule has 0 saturated heterocycles. The van der Waals surface area contributed by atoms with Crippen LogP contribution in [0.2, 0.25) is 0 Å². The fourth-order valence-corrected chi connectivity index (χ4v) is 1.66. The van der Waals surface area contributed by atoms with Gasteiger partial charge in [-0.1, -0.05) is 25.1 Å². The van der Waals surface area contributed by atoms with Gasteiger partial charge >= 0.3 is 0 Å². The van der Waals surface area contributed by atoms with Crippen molar-refractivity contribution >= 4 is 5.91 Å². The van der Waals surface area contributed by atoms with Gasteiger partial charge in [0.15, 0.2) is 0 Å². The van der Waals surface area contributed by atoms with Gasteiger partial charge in [0.25, 0.3) is 0 Å². The Bertz CT molecular complexity index is 381. The van der Waals surface area contributed by atoms with Crippen molar-refractivity contribution in [3.8, 4) is 0 Å². The average Bonchev–Trinajstić information content (AvgIpc) is 2.29. The topological polar surface area (TPSA) is 55.1 Å². The highest BCUT2D eigenvalue weighted by Gasteiger charge is 2.15. The summed E-state index contributed by atoms with van der Waals surface area (Å²) in [5.74, 6) is -0.500. The fraction of sp³-hybridized carbons (Fsp3) is 0.462. The van der Waals surface area contributed by atoms with E-state index >= 15 is 0 Å². The minimum atomic E-state index is -0.264. The highest BCUT2D eigenvalue weighted by atomic mass is 19.1. The number of nitrogens with two attached hydrogens (primary N) is 1. The van der Waals surface area contributed by atoms with Crippen molar-refractivity contribution in [2.24, 2.45) is 5.73 Å². The van der Waals surface area contributed by atoms with Crippen LogP contribution in [0.15, 0.2) is 24.3 Å². The molecule has 0 spiro atoms. The van der Waals surface area contributed by atoms with Crippen LogP contribution in [0.5, 0.6) is 0 Å². The van der Waals surface area contributed by atoms with Crippen molar-refractivity contribution in [3.63, 3.8) is 0 Å². The lowest BCUT2D eigenvalue weighted by atomic mass is 9.97. The molecule has 0 radical (unpaired) electrons. The highest BCUT2D eigenvalue weighted by molar-refractivity contribution is 5.77. The zero-order valence-electron chi connectivity index (χ0n) is 10.2. The van der Waals surface area contributed by atoms with Gasteiger partial charge in [0.2, 0.25) is 5.91 Å². The maximum Gasteiger partial charge on any atom is 0.220 e. The van der Waals surface area contributed by atoms with E-state index in [0.29, 0.717) is 12.1 Å². The van der Waals surface area contributed by atoms with Crippen LogP contribution < -0.4 is 11.1 Å². The van der Waals surface area contributed by atoms with E-state index in [0.717, 1.165) is 0 Å². The van der Waals surface area contributed by atoms with E-state index in [2.05, 4.69) is 5.32 Å². The zero-order valence-corrected chi connectivity index (χ0v) is 10.2. The Kier molecular flexibility index (Phi) is 5.10. The van der Waals surface area contributed by atoms with Crippen molar-refractivity contribution in [2.45, 2.75) is 32.2 Å². The normalized spacial score (nSPS) is 14.1. The summed E-state index contributed by atoms with van der Waals surface area (Å²) in [4.78, 5) is 11.6. The van der Waals surface area contributed by atoms with Crippen LogP contribution >= 0.6 is 0 Å². The lowest BCUT2D eigenvalue weighted by Crippen LogP contribution is -2.38. The predicted octanol–water partition coefficient (Wildman–Crippen LogP) is 1.78. The van der Waals surface area contributed by atoms with Crippen LogP contribution in [0.3, 0.4) is 0 Å². The molecule has 1 rings (SSSR count). The van der Waals surface area contributed by atoms with Crippen molar-refractivity contribution in [2.75, 3.05) is 6.54 Å². The molecule has 2 atom stereocenters. The van der Waals surface area contributed by atoms with Crippen molar-refractivity contribution in [3.05, 3.63) is 35.6 Å². The van der Waals surface area contributed by atoms with Gasteiger partial charge in [0, 0.05) is 19.0 Å². The van der Waals surface area contributed by atoms with Gasteiger partial charge in [-0.2, -0.15) is 0 Å². The average molecular weight is 238 g/mol. The van der Waals surface area contributed by atoms with Crippen LogP contribution in [0.25, 0.3) is 0 Å². The van der Waals surface area contributed by atoms with Crippen LogP contribution in [-0.2, 0) is 4.79 Å². The van der Waals surface area contributed by atoms with Crippen LogP contribution in [-0.4, -0.2) is 18.5 Å². The summed E-state index contributed by atoms with van der Waals surface area (Å²) in [6.45, 7) is 4.08. The summed E-state index contributed by atoms with van der Waals surface area (Å²) in [6, 6.07) is 6.49. The number of hydrogen-bond donors (Lipinski definition) is 2. The van der Waals surface area contributed by atoms with E-state index in [1.165, 1.54) is 6.07 Å². The van der Waals surface area contributed by atoms with E-state index in [4.69, 9.17) is 5.73 Å². The molecule has 3 nitrogen and oxygen atoms in total. The summed E-state index contributed by atoms with van der Waals surface area (Å²) in [7, 11) is 0. The highest BCUT2D eigenvalue weighted by Crippen LogP contribution is 2.21. The first kappa shape index (κ1) is 13.6. The van der Waals surface area contributed by atoms with Gasteiger partial charge in [-0.15, -0.1) is 0 Å². The van der Waals surface area contributed by atoms with E-state index in [-0.39, 0.29) is 30.1 Å². The maximum atomic E-state index is 13.5. The Morgan fingerprint density at radius 3 is 2.65 bits per heavy atom. The lowest BCUT2D eigenvalue weighted by Gasteiger charge is -2.15. The number of carbonyl (C=O) groups excluding carboxylic acids is 1. The molecule has 0 bridgehead atoms. The first-order chi connectivity index (χ1) is 8.04. The maximum absolute atomic E-state index is 13.5. The Morgan fingerprint density at radius 2 is 2.06 bits per heavy atom. The third kappa shape index (κ3) is 4.15. The molecule has 0 fully saturated rings. The van der Waals surface area contributed by atoms with Crippen molar-refractivity contribution in [1.82, 2.24) is 5.32 Å². The smallest absolute Gasteiger partial charge is 0.220 e. The number of amides is 1. The largest absolute Gasteiger partial charge is 0.352 e. The van der Waals surface area contributed by atoms with Gasteiger partial charge < -0.3 is 11.1 Å². The summed E-state index contributed by atoms with van der Waals surface area (Å²) in [6.07, 6.45) is 0.269. The molecule has 1 unspecified atom stereocenters.